The monoisotopic (exact) mass is 271 g/mol. The zero-order chi connectivity index (χ0) is 13.1. The first-order valence-corrected chi connectivity index (χ1v) is 6.84. The van der Waals surface area contributed by atoms with Gasteiger partial charge in [-0.15, -0.1) is 16.4 Å². The Morgan fingerprint density at radius 2 is 2.05 bits per heavy atom. The standard InChI is InChI=1S/C13H13N5S/c14-9-11-12(8-10-4-2-1-3-5-10)18(17-16-11)13-15-6-7-19-13/h1-7H,8-9,14H2. The van der Waals surface area contributed by atoms with Gasteiger partial charge >= 0.3 is 0 Å². The summed E-state index contributed by atoms with van der Waals surface area (Å²) in [5.41, 5.74) is 8.77. The Bertz CT molecular complexity index is 645. The molecule has 0 radical (unpaired) electrons. The summed E-state index contributed by atoms with van der Waals surface area (Å²) in [5, 5.41) is 11.0. The van der Waals surface area contributed by atoms with Crippen molar-refractivity contribution in [1.82, 2.24) is 20.0 Å². The topological polar surface area (TPSA) is 69.6 Å². The fourth-order valence-corrected chi connectivity index (χ4v) is 2.54. The third kappa shape index (κ3) is 2.40. The first-order valence-electron chi connectivity index (χ1n) is 5.96. The SMILES string of the molecule is NCc1nnn(-c2nccs2)c1Cc1ccccc1. The number of benzene rings is 1. The van der Waals surface area contributed by atoms with Crippen LogP contribution in [0.25, 0.3) is 5.13 Å². The summed E-state index contributed by atoms with van der Waals surface area (Å²) in [5.74, 6) is 0. The molecule has 0 spiro atoms. The molecule has 0 unspecified atom stereocenters. The van der Waals surface area contributed by atoms with Crippen molar-refractivity contribution in [3.8, 4) is 5.13 Å². The van der Waals surface area contributed by atoms with Gasteiger partial charge in [-0.05, 0) is 5.56 Å². The fourth-order valence-electron chi connectivity index (χ4n) is 1.93. The van der Waals surface area contributed by atoms with Gasteiger partial charge in [0.05, 0.1) is 5.69 Å². The Balaban J connectivity index is 2.01. The van der Waals surface area contributed by atoms with E-state index in [0.717, 1.165) is 22.9 Å². The molecule has 0 fully saturated rings. The van der Waals surface area contributed by atoms with E-state index in [2.05, 4.69) is 27.4 Å². The molecule has 2 heterocycles. The summed E-state index contributed by atoms with van der Waals surface area (Å²) in [6.07, 6.45) is 2.51. The van der Waals surface area contributed by atoms with Crippen molar-refractivity contribution in [2.75, 3.05) is 0 Å². The van der Waals surface area contributed by atoms with Crippen molar-refractivity contribution in [3.63, 3.8) is 0 Å². The van der Waals surface area contributed by atoms with Crippen LogP contribution in [-0.2, 0) is 13.0 Å². The second kappa shape index (κ2) is 5.29. The van der Waals surface area contributed by atoms with Gasteiger partial charge in [0.1, 0.15) is 5.69 Å². The first-order chi connectivity index (χ1) is 9.38. The highest BCUT2D eigenvalue weighted by atomic mass is 32.1. The third-order valence-electron chi connectivity index (χ3n) is 2.85. The number of aromatic nitrogens is 4. The van der Waals surface area contributed by atoms with Crippen LogP contribution in [-0.4, -0.2) is 20.0 Å². The molecule has 0 saturated heterocycles. The zero-order valence-electron chi connectivity index (χ0n) is 10.2. The van der Waals surface area contributed by atoms with E-state index in [-0.39, 0.29) is 0 Å². The van der Waals surface area contributed by atoms with E-state index in [9.17, 15) is 0 Å². The van der Waals surface area contributed by atoms with Gasteiger partial charge in [0.2, 0.25) is 5.13 Å². The van der Waals surface area contributed by atoms with Crippen molar-refractivity contribution in [2.24, 2.45) is 5.73 Å². The molecule has 19 heavy (non-hydrogen) atoms. The molecule has 2 aromatic heterocycles. The number of thiazole rings is 1. The van der Waals surface area contributed by atoms with Crippen LogP contribution >= 0.6 is 11.3 Å². The average Bonchev–Trinajstić information content (AvgIpc) is 3.08. The minimum Gasteiger partial charge on any atom is -0.325 e. The van der Waals surface area contributed by atoms with E-state index in [1.54, 1.807) is 10.9 Å². The van der Waals surface area contributed by atoms with E-state index >= 15 is 0 Å². The number of nitrogens with two attached hydrogens (primary N) is 1. The van der Waals surface area contributed by atoms with Crippen LogP contribution in [0.2, 0.25) is 0 Å². The van der Waals surface area contributed by atoms with Crippen molar-refractivity contribution < 1.29 is 0 Å². The Hall–Kier alpha value is -2.05. The van der Waals surface area contributed by atoms with E-state index in [4.69, 9.17) is 5.73 Å². The van der Waals surface area contributed by atoms with Gasteiger partial charge in [-0.3, -0.25) is 0 Å². The van der Waals surface area contributed by atoms with Gasteiger partial charge in [-0.2, -0.15) is 4.68 Å². The van der Waals surface area contributed by atoms with Crippen LogP contribution in [0.1, 0.15) is 17.0 Å². The highest BCUT2D eigenvalue weighted by Gasteiger charge is 2.14. The summed E-state index contributed by atoms with van der Waals surface area (Å²) in [6, 6.07) is 10.2. The number of rotatable bonds is 4. The molecule has 1 aromatic carbocycles. The molecule has 96 valence electrons. The Morgan fingerprint density at radius 1 is 1.21 bits per heavy atom. The second-order valence-electron chi connectivity index (χ2n) is 4.08. The summed E-state index contributed by atoms with van der Waals surface area (Å²) >= 11 is 1.53. The Labute approximate surface area is 114 Å². The average molecular weight is 271 g/mol. The van der Waals surface area contributed by atoms with Gasteiger partial charge in [-0.25, -0.2) is 4.98 Å². The zero-order valence-corrected chi connectivity index (χ0v) is 11.0. The van der Waals surface area contributed by atoms with Crippen LogP contribution in [0, 0.1) is 0 Å². The fraction of sp³-hybridized carbons (Fsp3) is 0.154. The van der Waals surface area contributed by atoms with Gasteiger partial charge in [0.25, 0.3) is 0 Å². The molecule has 0 aliphatic rings. The van der Waals surface area contributed by atoms with E-state index in [0.29, 0.717) is 6.54 Å². The number of nitrogens with zero attached hydrogens (tertiary/aromatic N) is 4. The maximum atomic E-state index is 5.74. The predicted molar refractivity (Wildman–Crippen MR) is 74.2 cm³/mol. The first kappa shape index (κ1) is 12.0. The quantitative estimate of drug-likeness (QED) is 0.785. The van der Waals surface area contributed by atoms with E-state index in [1.807, 2.05) is 23.6 Å². The molecule has 6 heteroatoms. The molecule has 3 aromatic rings. The summed E-state index contributed by atoms with van der Waals surface area (Å²) in [7, 11) is 0. The lowest BCUT2D eigenvalue weighted by molar-refractivity contribution is 0.766. The normalized spacial score (nSPS) is 10.8. The minimum atomic E-state index is 0.382. The molecular weight excluding hydrogens is 258 g/mol. The maximum absolute atomic E-state index is 5.74. The van der Waals surface area contributed by atoms with Gasteiger partial charge < -0.3 is 5.73 Å². The minimum absolute atomic E-state index is 0.382. The Kier molecular flexibility index (Phi) is 3.35. The van der Waals surface area contributed by atoms with Crippen LogP contribution in [0.15, 0.2) is 41.9 Å². The Morgan fingerprint density at radius 3 is 2.74 bits per heavy atom. The maximum Gasteiger partial charge on any atom is 0.211 e. The van der Waals surface area contributed by atoms with Crippen molar-refractivity contribution in [2.45, 2.75) is 13.0 Å². The van der Waals surface area contributed by atoms with E-state index in [1.165, 1.54) is 16.9 Å². The van der Waals surface area contributed by atoms with Gasteiger partial charge in [-0.1, -0.05) is 35.5 Å². The smallest absolute Gasteiger partial charge is 0.211 e. The molecule has 0 amide bonds. The van der Waals surface area contributed by atoms with Crippen LogP contribution in [0.4, 0.5) is 0 Å². The van der Waals surface area contributed by atoms with E-state index < -0.39 is 0 Å². The summed E-state index contributed by atoms with van der Waals surface area (Å²) < 4.78 is 1.78. The molecule has 0 bridgehead atoms. The molecule has 0 atom stereocenters. The predicted octanol–water partition coefficient (Wildman–Crippen LogP) is 1.77. The van der Waals surface area contributed by atoms with Crippen LogP contribution < -0.4 is 5.73 Å². The third-order valence-corrected chi connectivity index (χ3v) is 3.60. The molecule has 2 N–H and O–H groups in total. The highest BCUT2D eigenvalue weighted by molar-refractivity contribution is 7.12. The van der Waals surface area contributed by atoms with Crippen LogP contribution in [0.3, 0.4) is 0 Å². The lowest BCUT2D eigenvalue weighted by Crippen LogP contribution is -2.06. The molecule has 0 saturated carbocycles. The summed E-state index contributed by atoms with van der Waals surface area (Å²) in [6.45, 7) is 0.382. The largest absolute Gasteiger partial charge is 0.325 e. The molecule has 3 rings (SSSR count). The lowest BCUT2D eigenvalue weighted by atomic mass is 10.1. The van der Waals surface area contributed by atoms with Crippen LogP contribution in [0.5, 0.6) is 0 Å². The number of hydrogen-bond acceptors (Lipinski definition) is 5. The molecule has 5 nitrogen and oxygen atoms in total. The van der Waals surface area contributed by atoms with Crippen molar-refractivity contribution >= 4 is 11.3 Å². The van der Waals surface area contributed by atoms with Gasteiger partial charge in [0.15, 0.2) is 0 Å². The molecular formula is C13H13N5S. The lowest BCUT2D eigenvalue weighted by Gasteiger charge is -2.05. The molecule has 0 aliphatic heterocycles. The summed E-state index contributed by atoms with van der Waals surface area (Å²) in [4.78, 5) is 4.27. The molecule has 0 aliphatic carbocycles. The van der Waals surface area contributed by atoms with Crippen molar-refractivity contribution in [3.05, 3.63) is 58.9 Å². The second-order valence-corrected chi connectivity index (χ2v) is 4.95. The van der Waals surface area contributed by atoms with Gasteiger partial charge in [0, 0.05) is 24.5 Å². The van der Waals surface area contributed by atoms with Crippen molar-refractivity contribution in [1.29, 1.82) is 0 Å². The highest BCUT2D eigenvalue weighted by Crippen LogP contribution is 2.18. The number of hydrogen-bond donors (Lipinski definition) is 1.